The summed E-state index contributed by atoms with van der Waals surface area (Å²) < 4.78 is 4.99. The lowest BCUT2D eigenvalue weighted by atomic mass is 10.1. The molecule has 0 amide bonds. The second-order valence-corrected chi connectivity index (χ2v) is 7.67. The average molecular weight is 457 g/mol. The van der Waals surface area contributed by atoms with Gasteiger partial charge in [0.1, 0.15) is 12.1 Å². The Morgan fingerprint density at radius 3 is 2.85 bits per heavy atom. The predicted molar refractivity (Wildman–Crippen MR) is 127 cm³/mol. The minimum atomic E-state index is -0.128. The van der Waals surface area contributed by atoms with Gasteiger partial charge in [-0.3, -0.25) is 4.79 Å². The second-order valence-electron chi connectivity index (χ2n) is 7.67. The first-order chi connectivity index (χ1) is 16.6. The van der Waals surface area contributed by atoms with Crippen LogP contribution in [0.4, 0.5) is 11.8 Å². The van der Waals surface area contributed by atoms with Gasteiger partial charge in [0.15, 0.2) is 5.65 Å². The van der Waals surface area contributed by atoms with E-state index in [1.54, 1.807) is 24.8 Å². The Morgan fingerprint density at radius 2 is 2.03 bits per heavy atom. The van der Waals surface area contributed by atoms with Crippen LogP contribution in [0.1, 0.15) is 17.3 Å². The van der Waals surface area contributed by atoms with Crippen LogP contribution in [-0.4, -0.2) is 51.6 Å². The number of anilines is 2. The van der Waals surface area contributed by atoms with Gasteiger partial charge in [0.25, 0.3) is 0 Å². The molecule has 34 heavy (non-hydrogen) atoms. The Morgan fingerprint density at radius 1 is 1.12 bits per heavy atom. The van der Waals surface area contributed by atoms with Crippen molar-refractivity contribution in [2.24, 2.45) is 0 Å². The van der Waals surface area contributed by atoms with E-state index in [2.05, 4.69) is 36.9 Å². The topological polar surface area (TPSA) is 128 Å². The first-order valence-corrected chi connectivity index (χ1v) is 10.7. The fraction of sp³-hybridized carbons (Fsp3) is 0.174. The molecule has 1 aromatic carbocycles. The molecule has 0 radical (unpaired) electrons. The monoisotopic (exact) mass is 457 g/mol. The van der Waals surface area contributed by atoms with Crippen LogP contribution in [0.15, 0.2) is 67.6 Å². The van der Waals surface area contributed by atoms with Crippen molar-refractivity contribution in [1.82, 2.24) is 34.0 Å². The van der Waals surface area contributed by atoms with Gasteiger partial charge >= 0.3 is 0 Å². The van der Waals surface area contributed by atoms with Gasteiger partial charge in [0.2, 0.25) is 11.9 Å². The minimum Gasteiger partial charge on any atom is -0.395 e. The molecular weight excluding hydrogens is 434 g/mol. The van der Waals surface area contributed by atoms with E-state index in [1.807, 2.05) is 39.7 Å². The fourth-order valence-corrected chi connectivity index (χ4v) is 3.69. The van der Waals surface area contributed by atoms with Crippen molar-refractivity contribution in [2.45, 2.75) is 20.0 Å². The van der Waals surface area contributed by atoms with E-state index in [9.17, 15) is 9.90 Å². The molecule has 11 nitrogen and oxygen atoms in total. The van der Waals surface area contributed by atoms with Crippen LogP contribution in [0.3, 0.4) is 0 Å². The lowest BCUT2D eigenvalue weighted by Crippen LogP contribution is -2.14. The van der Waals surface area contributed by atoms with E-state index < -0.39 is 0 Å². The largest absolute Gasteiger partial charge is 0.395 e. The molecule has 0 aliphatic heterocycles. The lowest BCUT2D eigenvalue weighted by Gasteiger charge is -2.11. The van der Waals surface area contributed by atoms with Crippen LogP contribution in [0.5, 0.6) is 0 Å². The van der Waals surface area contributed by atoms with Gasteiger partial charge in [-0.2, -0.15) is 5.10 Å². The highest BCUT2D eigenvalue weighted by atomic mass is 16.3. The summed E-state index contributed by atoms with van der Waals surface area (Å²) in [5.74, 6) is 1.09. The smallest absolute Gasteiger partial charge is 0.243 e. The molecule has 5 rings (SSSR count). The van der Waals surface area contributed by atoms with E-state index in [0.29, 0.717) is 24.9 Å². The van der Waals surface area contributed by atoms with Crippen LogP contribution < -0.4 is 10.7 Å². The molecule has 172 valence electrons. The second kappa shape index (κ2) is 9.16. The van der Waals surface area contributed by atoms with Crippen LogP contribution in [0, 0.1) is 0 Å². The van der Waals surface area contributed by atoms with Crippen LogP contribution in [0.2, 0.25) is 0 Å². The molecule has 3 N–H and O–H groups in total. The number of benzene rings is 1. The van der Waals surface area contributed by atoms with E-state index in [-0.39, 0.29) is 12.5 Å². The van der Waals surface area contributed by atoms with Gasteiger partial charge in [-0.25, -0.2) is 24.3 Å². The molecule has 0 saturated heterocycles. The fourth-order valence-electron chi connectivity index (χ4n) is 3.69. The summed E-state index contributed by atoms with van der Waals surface area (Å²) >= 11 is 0. The van der Waals surface area contributed by atoms with Gasteiger partial charge in [0.05, 0.1) is 24.7 Å². The molecule has 0 aliphatic carbocycles. The normalized spacial score (nSPS) is 11.1. The zero-order valence-electron chi connectivity index (χ0n) is 18.5. The summed E-state index contributed by atoms with van der Waals surface area (Å²) in [6, 6.07) is 9.98. The lowest BCUT2D eigenvalue weighted by molar-refractivity contribution is 0.0921. The van der Waals surface area contributed by atoms with E-state index in [1.165, 1.54) is 17.9 Å². The minimum absolute atomic E-state index is 0.0186. The summed E-state index contributed by atoms with van der Waals surface area (Å²) in [5.41, 5.74) is 7.02. The Hall–Kier alpha value is -4.51. The number of nitrogens with one attached hydrogen (secondary N) is 2. The first-order valence-electron chi connectivity index (χ1n) is 10.7. The third-order valence-corrected chi connectivity index (χ3v) is 5.39. The maximum atomic E-state index is 11.5. The quantitative estimate of drug-likeness (QED) is 0.324. The maximum Gasteiger partial charge on any atom is 0.243 e. The van der Waals surface area contributed by atoms with Crippen LogP contribution in [-0.2, 0) is 13.1 Å². The Kier molecular flexibility index (Phi) is 5.75. The molecule has 11 heteroatoms. The predicted octanol–water partition coefficient (Wildman–Crippen LogP) is 2.63. The van der Waals surface area contributed by atoms with Crippen LogP contribution >= 0.6 is 0 Å². The van der Waals surface area contributed by atoms with Gasteiger partial charge in [-0.15, -0.1) is 0 Å². The SMILES string of the molecule is CC(=O)n1cc(-c2cccc(CNn3ccc4c(Nc5nccn5CCO)ncnc43)c2)cn1. The highest BCUT2D eigenvalue weighted by Crippen LogP contribution is 2.23. The Bertz CT molecular complexity index is 1450. The zero-order chi connectivity index (χ0) is 23.5. The standard InChI is InChI=1S/C23H23N9O2/c1-16(34)32-14-19(13-28-32)18-4-2-3-17(11-18)12-27-31-7-5-20-21(25-15-26-22(20)31)29-23-24-6-8-30(23)9-10-33/h2-8,11,13-15,27,33H,9-10,12H2,1H3,(H,24,25,26,29). The number of aliphatic hydroxyl groups excluding tert-OH is 1. The molecule has 4 aromatic heterocycles. The number of hydrogen-bond donors (Lipinski definition) is 3. The van der Waals surface area contributed by atoms with Crippen molar-refractivity contribution in [3.63, 3.8) is 0 Å². The number of fused-ring (bicyclic) bond motifs is 1. The zero-order valence-corrected chi connectivity index (χ0v) is 18.5. The summed E-state index contributed by atoms with van der Waals surface area (Å²) in [4.78, 5) is 24.6. The summed E-state index contributed by atoms with van der Waals surface area (Å²) in [6.45, 7) is 2.50. The number of carbonyl (C=O) groups excluding carboxylic acids is 1. The van der Waals surface area contributed by atoms with Gasteiger partial charge in [0, 0.05) is 43.8 Å². The number of hydrogen-bond acceptors (Lipinski definition) is 8. The number of nitrogens with zero attached hydrogens (tertiary/aromatic N) is 7. The number of aliphatic hydroxyl groups is 1. The molecule has 5 aromatic rings. The number of aromatic nitrogens is 7. The molecule has 0 aliphatic rings. The third kappa shape index (κ3) is 4.24. The van der Waals surface area contributed by atoms with Gasteiger partial charge in [-0.05, 0) is 23.3 Å². The highest BCUT2D eigenvalue weighted by molar-refractivity contribution is 5.88. The molecule has 4 heterocycles. The van der Waals surface area contributed by atoms with Gasteiger partial charge in [-0.1, -0.05) is 18.2 Å². The molecule has 0 fully saturated rings. The maximum absolute atomic E-state index is 11.5. The number of imidazole rings is 1. The molecule has 0 bridgehead atoms. The van der Waals surface area contributed by atoms with Crippen molar-refractivity contribution < 1.29 is 9.90 Å². The number of rotatable bonds is 8. The van der Waals surface area contributed by atoms with Gasteiger partial charge < -0.3 is 20.4 Å². The Balaban J connectivity index is 1.34. The Labute approximate surface area is 194 Å². The summed E-state index contributed by atoms with van der Waals surface area (Å²) in [5, 5.41) is 17.4. The van der Waals surface area contributed by atoms with Crippen LogP contribution in [0.25, 0.3) is 22.2 Å². The summed E-state index contributed by atoms with van der Waals surface area (Å²) in [7, 11) is 0. The molecule has 0 atom stereocenters. The van der Waals surface area contributed by atoms with Crippen molar-refractivity contribution in [3.8, 4) is 11.1 Å². The molecule has 0 spiro atoms. The van der Waals surface area contributed by atoms with E-state index in [0.717, 1.165) is 27.7 Å². The van der Waals surface area contributed by atoms with Crippen molar-refractivity contribution >= 4 is 28.7 Å². The molecular formula is C23H23N9O2. The van der Waals surface area contributed by atoms with E-state index in [4.69, 9.17) is 0 Å². The third-order valence-electron chi connectivity index (χ3n) is 5.39. The highest BCUT2D eigenvalue weighted by Gasteiger charge is 2.11. The molecule has 0 saturated carbocycles. The van der Waals surface area contributed by atoms with Crippen molar-refractivity contribution in [2.75, 3.05) is 17.3 Å². The number of carbonyl (C=O) groups is 1. The molecule has 0 unspecified atom stereocenters. The summed E-state index contributed by atoms with van der Waals surface area (Å²) in [6.07, 6.45) is 10.3. The van der Waals surface area contributed by atoms with Crippen molar-refractivity contribution in [1.29, 1.82) is 0 Å². The van der Waals surface area contributed by atoms with Crippen molar-refractivity contribution in [3.05, 3.63) is 73.2 Å². The average Bonchev–Trinajstić information content (AvgIpc) is 3.59. The van der Waals surface area contributed by atoms with E-state index >= 15 is 0 Å². The first kappa shape index (κ1) is 21.3.